The molecule has 0 aliphatic carbocycles. The van der Waals surface area contributed by atoms with E-state index >= 15 is 0 Å². The Bertz CT molecular complexity index is 413. The average molecular weight is 247 g/mol. The first-order valence-electron chi connectivity index (χ1n) is 5.30. The second-order valence-electron chi connectivity index (χ2n) is 4.08. The molecular formula is C10H12F3N3O. The van der Waals surface area contributed by atoms with Gasteiger partial charge in [-0.1, -0.05) is 0 Å². The van der Waals surface area contributed by atoms with Gasteiger partial charge in [0.2, 0.25) is 0 Å². The standard InChI is InChI=1S/C10H12F3N3O/c11-10(12,13)2-4-16-3-1-7-8(5-16)14-15-9(7)6-17/h6H,1-5H2,(H,14,15). The lowest BCUT2D eigenvalue weighted by molar-refractivity contribution is -0.138. The first-order valence-corrected chi connectivity index (χ1v) is 5.30. The second kappa shape index (κ2) is 4.48. The van der Waals surface area contributed by atoms with Gasteiger partial charge in [-0.2, -0.15) is 18.3 Å². The van der Waals surface area contributed by atoms with Crippen LogP contribution >= 0.6 is 0 Å². The van der Waals surface area contributed by atoms with Gasteiger partial charge >= 0.3 is 6.18 Å². The van der Waals surface area contributed by atoms with E-state index in [1.165, 1.54) is 0 Å². The maximum Gasteiger partial charge on any atom is 0.390 e. The fourth-order valence-electron chi connectivity index (χ4n) is 1.97. The summed E-state index contributed by atoms with van der Waals surface area (Å²) in [6, 6.07) is 0. The highest BCUT2D eigenvalue weighted by Gasteiger charge is 2.29. The van der Waals surface area contributed by atoms with Gasteiger partial charge in [0.1, 0.15) is 5.69 Å². The summed E-state index contributed by atoms with van der Waals surface area (Å²) < 4.78 is 36.2. The summed E-state index contributed by atoms with van der Waals surface area (Å²) in [6.07, 6.45) is -3.70. The summed E-state index contributed by atoms with van der Waals surface area (Å²) in [5, 5.41) is 6.52. The lowest BCUT2D eigenvalue weighted by Crippen LogP contribution is -2.33. The van der Waals surface area contributed by atoms with E-state index in [-0.39, 0.29) is 6.54 Å². The Morgan fingerprint density at radius 3 is 2.88 bits per heavy atom. The van der Waals surface area contributed by atoms with Gasteiger partial charge in [-0.15, -0.1) is 0 Å². The number of H-pyrrole nitrogens is 1. The van der Waals surface area contributed by atoms with E-state index in [2.05, 4.69) is 10.2 Å². The number of carbonyl (C=O) groups excluding carboxylic acids is 1. The molecule has 1 aromatic rings. The van der Waals surface area contributed by atoms with Crippen LogP contribution < -0.4 is 0 Å². The van der Waals surface area contributed by atoms with Crippen molar-refractivity contribution in [2.75, 3.05) is 13.1 Å². The molecule has 0 radical (unpaired) electrons. The van der Waals surface area contributed by atoms with E-state index in [1.54, 1.807) is 4.90 Å². The molecule has 1 N–H and O–H groups in total. The molecule has 2 heterocycles. The first-order chi connectivity index (χ1) is 7.99. The highest BCUT2D eigenvalue weighted by atomic mass is 19.4. The molecule has 4 nitrogen and oxygen atoms in total. The highest BCUT2D eigenvalue weighted by molar-refractivity contribution is 5.74. The smallest absolute Gasteiger partial charge is 0.297 e. The summed E-state index contributed by atoms with van der Waals surface area (Å²) in [5.41, 5.74) is 1.96. The molecule has 0 unspecified atom stereocenters. The van der Waals surface area contributed by atoms with Crippen molar-refractivity contribution in [2.24, 2.45) is 0 Å². The van der Waals surface area contributed by atoms with Crippen molar-refractivity contribution in [1.82, 2.24) is 15.1 Å². The molecule has 0 amide bonds. The number of aldehydes is 1. The Morgan fingerprint density at radius 1 is 1.47 bits per heavy atom. The lowest BCUT2D eigenvalue weighted by Gasteiger charge is -2.26. The maximum atomic E-state index is 12.1. The van der Waals surface area contributed by atoms with Gasteiger partial charge in [-0.3, -0.25) is 14.8 Å². The van der Waals surface area contributed by atoms with Crippen LogP contribution in [0.3, 0.4) is 0 Å². The van der Waals surface area contributed by atoms with Crippen molar-refractivity contribution in [3.63, 3.8) is 0 Å². The molecule has 1 aliphatic rings. The van der Waals surface area contributed by atoms with Crippen LogP contribution in [-0.2, 0) is 13.0 Å². The topological polar surface area (TPSA) is 49.0 Å². The molecule has 0 aromatic carbocycles. The number of halogens is 3. The normalized spacial score (nSPS) is 16.9. The van der Waals surface area contributed by atoms with E-state index in [1.807, 2.05) is 0 Å². The van der Waals surface area contributed by atoms with E-state index < -0.39 is 12.6 Å². The Morgan fingerprint density at radius 2 is 2.24 bits per heavy atom. The van der Waals surface area contributed by atoms with Crippen LogP contribution in [0.25, 0.3) is 0 Å². The number of nitrogens with one attached hydrogen (secondary N) is 1. The van der Waals surface area contributed by atoms with Crippen molar-refractivity contribution in [3.8, 4) is 0 Å². The third kappa shape index (κ3) is 2.85. The predicted molar refractivity (Wildman–Crippen MR) is 53.6 cm³/mol. The van der Waals surface area contributed by atoms with Gasteiger partial charge in [-0.05, 0) is 6.42 Å². The first kappa shape index (κ1) is 12.1. The molecule has 94 valence electrons. The van der Waals surface area contributed by atoms with E-state index in [0.29, 0.717) is 31.5 Å². The number of nitrogens with zero attached hydrogens (tertiary/aromatic N) is 2. The minimum Gasteiger partial charge on any atom is -0.297 e. The van der Waals surface area contributed by atoms with Gasteiger partial charge in [0.05, 0.1) is 12.1 Å². The third-order valence-electron chi connectivity index (χ3n) is 2.87. The van der Waals surface area contributed by atoms with Gasteiger partial charge in [0.15, 0.2) is 6.29 Å². The Labute approximate surface area is 95.8 Å². The molecule has 0 spiro atoms. The van der Waals surface area contributed by atoms with Crippen molar-refractivity contribution in [3.05, 3.63) is 17.0 Å². The summed E-state index contributed by atoms with van der Waals surface area (Å²) in [7, 11) is 0. The van der Waals surface area contributed by atoms with Crippen LogP contribution in [-0.4, -0.2) is 40.6 Å². The number of fused-ring (bicyclic) bond motifs is 1. The molecule has 0 fully saturated rings. The largest absolute Gasteiger partial charge is 0.390 e. The lowest BCUT2D eigenvalue weighted by atomic mass is 10.0. The van der Waals surface area contributed by atoms with Gasteiger partial charge in [-0.25, -0.2) is 0 Å². The highest BCUT2D eigenvalue weighted by Crippen LogP contribution is 2.23. The Kier molecular flexibility index (Phi) is 3.19. The zero-order valence-corrected chi connectivity index (χ0v) is 9.05. The van der Waals surface area contributed by atoms with Crippen LogP contribution in [0.5, 0.6) is 0 Å². The quantitative estimate of drug-likeness (QED) is 0.824. The molecule has 7 heteroatoms. The van der Waals surface area contributed by atoms with E-state index in [9.17, 15) is 18.0 Å². The van der Waals surface area contributed by atoms with Gasteiger partial charge in [0.25, 0.3) is 0 Å². The monoisotopic (exact) mass is 247 g/mol. The molecule has 1 aliphatic heterocycles. The molecule has 1 aromatic heterocycles. The minimum absolute atomic E-state index is 0.0155. The number of hydrogen-bond donors (Lipinski definition) is 1. The third-order valence-corrected chi connectivity index (χ3v) is 2.87. The van der Waals surface area contributed by atoms with Crippen molar-refractivity contribution >= 4 is 6.29 Å². The van der Waals surface area contributed by atoms with Crippen molar-refractivity contribution in [1.29, 1.82) is 0 Å². The summed E-state index contributed by atoms with van der Waals surface area (Å²) in [6.45, 7) is 0.911. The van der Waals surface area contributed by atoms with Crippen LogP contribution in [0.15, 0.2) is 0 Å². The predicted octanol–water partition coefficient (Wildman–Crippen LogP) is 1.53. The molecule has 0 bridgehead atoms. The fraction of sp³-hybridized carbons (Fsp3) is 0.600. The molecular weight excluding hydrogens is 235 g/mol. The second-order valence-corrected chi connectivity index (χ2v) is 4.08. The van der Waals surface area contributed by atoms with Crippen molar-refractivity contribution in [2.45, 2.75) is 25.6 Å². The SMILES string of the molecule is O=Cc1n[nH]c2c1CCN(CCC(F)(F)F)C2. The maximum absolute atomic E-state index is 12.1. The van der Waals surface area contributed by atoms with Crippen LogP contribution in [0, 0.1) is 0 Å². The molecule has 0 saturated carbocycles. The minimum atomic E-state index is -4.12. The van der Waals surface area contributed by atoms with Gasteiger partial charge in [0, 0.05) is 25.2 Å². The van der Waals surface area contributed by atoms with E-state index in [4.69, 9.17) is 0 Å². The van der Waals surface area contributed by atoms with E-state index in [0.717, 1.165) is 11.3 Å². The zero-order valence-electron chi connectivity index (χ0n) is 9.05. The number of hydrogen-bond acceptors (Lipinski definition) is 3. The number of rotatable bonds is 3. The fourth-order valence-corrected chi connectivity index (χ4v) is 1.97. The number of alkyl halides is 3. The van der Waals surface area contributed by atoms with Crippen LogP contribution in [0.4, 0.5) is 13.2 Å². The Balaban J connectivity index is 1.97. The number of aromatic nitrogens is 2. The molecule has 0 atom stereocenters. The number of aromatic amines is 1. The summed E-state index contributed by atoms with van der Waals surface area (Å²) >= 11 is 0. The number of carbonyl (C=O) groups is 1. The average Bonchev–Trinajstić information content (AvgIpc) is 2.67. The zero-order chi connectivity index (χ0) is 12.5. The van der Waals surface area contributed by atoms with Crippen molar-refractivity contribution < 1.29 is 18.0 Å². The molecule has 17 heavy (non-hydrogen) atoms. The molecule has 0 saturated heterocycles. The summed E-state index contributed by atoms with van der Waals surface area (Å²) in [4.78, 5) is 12.3. The molecule has 2 rings (SSSR count). The van der Waals surface area contributed by atoms with Gasteiger partial charge < -0.3 is 0 Å². The summed E-state index contributed by atoms with van der Waals surface area (Å²) in [5.74, 6) is 0. The van der Waals surface area contributed by atoms with Crippen LogP contribution in [0.2, 0.25) is 0 Å². The van der Waals surface area contributed by atoms with Crippen LogP contribution in [0.1, 0.15) is 28.2 Å². The Hall–Kier alpha value is -1.37.